The first-order valence-electron chi connectivity index (χ1n) is 11.6. The van der Waals surface area contributed by atoms with Crippen molar-refractivity contribution in [1.82, 2.24) is 9.47 Å². The molecule has 1 saturated carbocycles. The van der Waals surface area contributed by atoms with Crippen LogP contribution in [0.1, 0.15) is 37.8 Å². The van der Waals surface area contributed by atoms with E-state index < -0.39 is 23.5 Å². The molecule has 1 heterocycles. The van der Waals surface area contributed by atoms with Gasteiger partial charge >= 0.3 is 12.1 Å². The van der Waals surface area contributed by atoms with E-state index in [0.717, 1.165) is 25.0 Å². The third-order valence-electron chi connectivity index (χ3n) is 6.16. The van der Waals surface area contributed by atoms with Crippen molar-refractivity contribution in [2.24, 2.45) is 5.92 Å². The van der Waals surface area contributed by atoms with E-state index in [1.54, 1.807) is 26.1 Å². The van der Waals surface area contributed by atoms with Gasteiger partial charge in [0.15, 0.2) is 0 Å². The van der Waals surface area contributed by atoms with Crippen molar-refractivity contribution < 1.29 is 31.9 Å². The molecule has 1 aliphatic carbocycles. The summed E-state index contributed by atoms with van der Waals surface area (Å²) in [5.74, 6) is -1.26. The highest BCUT2D eigenvalue weighted by molar-refractivity contribution is 5.98. The molecule has 4 rings (SSSR count). The van der Waals surface area contributed by atoms with Gasteiger partial charge in [-0.25, -0.2) is 4.39 Å². The molecule has 0 spiro atoms. The number of alkyl halides is 3. The lowest BCUT2D eigenvalue weighted by atomic mass is 9.96. The third-order valence-corrected chi connectivity index (χ3v) is 6.16. The molecule has 0 N–H and O–H groups in total. The first kappa shape index (κ1) is 24.8. The number of benzene rings is 2. The van der Waals surface area contributed by atoms with Crippen LogP contribution in [0.2, 0.25) is 0 Å². The highest BCUT2D eigenvalue weighted by atomic mass is 19.4. The number of esters is 1. The molecule has 35 heavy (non-hydrogen) atoms. The molecule has 1 amide bonds. The van der Waals surface area contributed by atoms with Crippen molar-refractivity contribution in [3.05, 3.63) is 59.5 Å². The Bertz CT molecular complexity index is 1260. The van der Waals surface area contributed by atoms with E-state index in [4.69, 9.17) is 4.74 Å². The van der Waals surface area contributed by atoms with E-state index in [1.807, 2.05) is 0 Å². The summed E-state index contributed by atoms with van der Waals surface area (Å²) < 4.78 is 62.3. The SMILES string of the molecule is CCOC(=O)Cn1cc(-c2ccc(C(F)(F)F)cc2CN(CC)C(=O)C2CC2)c2c(F)cccc21. The maximum atomic E-state index is 15.0. The lowest BCUT2D eigenvalue weighted by molar-refractivity contribution is -0.143. The lowest BCUT2D eigenvalue weighted by Gasteiger charge is -2.23. The molecule has 1 aliphatic rings. The van der Waals surface area contributed by atoms with Gasteiger partial charge in [-0.15, -0.1) is 0 Å². The van der Waals surface area contributed by atoms with Crippen LogP contribution in [-0.4, -0.2) is 34.5 Å². The molecule has 0 atom stereocenters. The zero-order valence-corrected chi connectivity index (χ0v) is 19.5. The monoisotopic (exact) mass is 490 g/mol. The Balaban J connectivity index is 1.86. The molecule has 0 radical (unpaired) electrons. The van der Waals surface area contributed by atoms with Crippen LogP contribution in [0.15, 0.2) is 42.6 Å². The largest absolute Gasteiger partial charge is 0.465 e. The highest BCUT2D eigenvalue weighted by Crippen LogP contribution is 2.39. The number of fused-ring (bicyclic) bond motifs is 1. The zero-order valence-electron chi connectivity index (χ0n) is 19.5. The molecule has 5 nitrogen and oxygen atoms in total. The Kier molecular flexibility index (Phi) is 6.87. The fourth-order valence-electron chi connectivity index (χ4n) is 4.29. The van der Waals surface area contributed by atoms with Gasteiger partial charge in [0.2, 0.25) is 5.91 Å². The maximum Gasteiger partial charge on any atom is 0.416 e. The second kappa shape index (κ2) is 9.71. The van der Waals surface area contributed by atoms with Crippen LogP contribution < -0.4 is 0 Å². The minimum absolute atomic E-state index is 0.0376. The van der Waals surface area contributed by atoms with Gasteiger partial charge in [0.1, 0.15) is 12.4 Å². The van der Waals surface area contributed by atoms with Crippen LogP contribution in [0.25, 0.3) is 22.0 Å². The van der Waals surface area contributed by atoms with Crippen LogP contribution in [-0.2, 0) is 33.6 Å². The van der Waals surface area contributed by atoms with Crippen molar-refractivity contribution in [1.29, 1.82) is 0 Å². The molecule has 3 aromatic rings. The number of hydrogen-bond acceptors (Lipinski definition) is 3. The van der Waals surface area contributed by atoms with Gasteiger partial charge < -0.3 is 14.2 Å². The van der Waals surface area contributed by atoms with E-state index >= 15 is 4.39 Å². The zero-order chi connectivity index (χ0) is 25.3. The number of amides is 1. The Morgan fingerprint density at radius 3 is 2.49 bits per heavy atom. The lowest BCUT2D eigenvalue weighted by Crippen LogP contribution is -2.31. The summed E-state index contributed by atoms with van der Waals surface area (Å²) >= 11 is 0. The molecule has 9 heteroatoms. The van der Waals surface area contributed by atoms with Crippen LogP contribution in [0, 0.1) is 11.7 Å². The molecule has 1 aromatic heterocycles. The summed E-state index contributed by atoms with van der Waals surface area (Å²) in [5, 5.41) is 0.189. The average molecular weight is 490 g/mol. The van der Waals surface area contributed by atoms with Gasteiger partial charge in [0.05, 0.1) is 17.7 Å². The molecule has 0 aliphatic heterocycles. The average Bonchev–Trinajstić information content (AvgIpc) is 3.59. The molecule has 0 unspecified atom stereocenters. The molecule has 186 valence electrons. The van der Waals surface area contributed by atoms with Crippen LogP contribution >= 0.6 is 0 Å². The van der Waals surface area contributed by atoms with Crippen molar-refractivity contribution in [2.75, 3.05) is 13.2 Å². The van der Waals surface area contributed by atoms with Crippen LogP contribution in [0.5, 0.6) is 0 Å². The number of halogens is 4. The summed E-state index contributed by atoms with van der Waals surface area (Å²) in [4.78, 5) is 26.4. The fraction of sp³-hybridized carbons (Fsp3) is 0.385. The Morgan fingerprint density at radius 2 is 1.86 bits per heavy atom. The number of carbonyl (C=O) groups excluding carboxylic acids is 2. The number of carbonyl (C=O) groups is 2. The predicted molar refractivity (Wildman–Crippen MR) is 123 cm³/mol. The number of hydrogen-bond donors (Lipinski definition) is 0. The summed E-state index contributed by atoms with van der Waals surface area (Å²) in [5.41, 5.74) is 0.551. The molecule has 0 bridgehead atoms. The fourth-order valence-corrected chi connectivity index (χ4v) is 4.29. The molecular formula is C26H26F4N2O3. The minimum Gasteiger partial charge on any atom is -0.465 e. The van der Waals surface area contributed by atoms with Gasteiger partial charge in [-0.05, 0) is 62.1 Å². The van der Waals surface area contributed by atoms with Gasteiger partial charge in [0, 0.05) is 36.2 Å². The van der Waals surface area contributed by atoms with Crippen molar-refractivity contribution in [3.8, 4) is 11.1 Å². The van der Waals surface area contributed by atoms with E-state index in [2.05, 4.69) is 0 Å². The number of aromatic nitrogens is 1. The Hall–Kier alpha value is -3.36. The molecule has 2 aromatic carbocycles. The van der Waals surface area contributed by atoms with Gasteiger partial charge in [0.25, 0.3) is 0 Å². The van der Waals surface area contributed by atoms with Crippen molar-refractivity contribution in [3.63, 3.8) is 0 Å². The van der Waals surface area contributed by atoms with E-state index in [-0.39, 0.29) is 42.5 Å². The van der Waals surface area contributed by atoms with Gasteiger partial charge in [-0.1, -0.05) is 12.1 Å². The third kappa shape index (κ3) is 5.18. The maximum absolute atomic E-state index is 15.0. The van der Waals surface area contributed by atoms with Crippen LogP contribution in [0.4, 0.5) is 17.6 Å². The summed E-state index contributed by atoms with van der Waals surface area (Å²) in [6.45, 7) is 3.76. The van der Waals surface area contributed by atoms with Crippen molar-refractivity contribution >= 4 is 22.8 Å². The topological polar surface area (TPSA) is 51.5 Å². The summed E-state index contributed by atoms with van der Waals surface area (Å²) in [7, 11) is 0. The molecule has 1 fully saturated rings. The smallest absolute Gasteiger partial charge is 0.416 e. The molecular weight excluding hydrogens is 464 g/mol. The standard InChI is InChI=1S/C26H26F4N2O3/c1-3-31(25(34)16-8-9-16)13-17-12-18(26(28,29)30)10-11-19(17)20-14-32(15-23(33)35-4-2)22-7-5-6-21(27)24(20)22/h5-7,10-12,14,16H,3-4,8-9,13,15H2,1-2H3. The quantitative estimate of drug-likeness (QED) is 0.297. The van der Waals surface area contributed by atoms with E-state index in [9.17, 15) is 22.8 Å². The Labute approximate surface area is 200 Å². The highest BCUT2D eigenvalue weighted by Gasteiger charge is 2.35. The molecule has 0 saturated heterocycles. The second-order valence-electron chi connectivity index (χ2n) is 8.61. The minimum atomic E-state index is -4.58. The van der Waals surface area contributed by atoms with E-state index in [0.29, 0.717) is 23.2 Å². The number of rotatable bonds is 8. The van der Waals surface area contributed by atoms with Crippen LogP contribution in [0.3, 0.4) is 0 Å². The second-order valence-corrected chi connectivity index (χ2v) is 8.61. The first-order chi connectivity index (χ1) is 16.6. The normalized spacial score (nSPS) is 13.8. The predicted octanol–water partition coefficient (Wildman–Crippen LogP) is 5.79. The van der Waals surface area contributed by atoms with Crippen molar-refractivity contribution in [2.45, 2.75) is 46.0 Å². The number of ether oxygens (including phenoxy) is 1. The van der Waals surface area contributed by atoms with Gasteiger partial charge in [-0.2, -0.15) is 13.2 Å². The van der Waals surface area contributed by atoms with E-state index in [1.165, 1.54) is 27.7 Å². The first-order valence-corrected chi connectivity index (χ1v) is 11.6. The Morgan fingerprint density at radius 1 is 1.11 bits per heavy atom. The number of nitrogens with zero attached hydrogens (tertiary/aromatic N) is 2. The van der Waals surface area contributed by atoms with Gasteiger partial charge in [-0.3, -0.25) is 9.59 Å². The summed E-state index contributed by atoms with van der Waals surface area (Å²) in [6.07, 6.45) is -1.47. The summed E-state index contributed by atoms with van der Waals surface area (Å²) in [6, 6.07) is 7.69.